The molecular formula is C19H20FNO2. The molecular weight excluding hydrogens is 293 g/mol. The summed E-state index contributed by atoms with van der Waals surface area (Å²) >= 11 is 0. The maximum atomic E-state index is 13.0. The Labute approximate surface area is 135 Å². The monoisotopic (exact) mass is 313 g/mol. The fourth-order valence-corrected chi connectivity index (χ4v) is 3.06. The number of rotatable bonds is 4. The second-order valence-electron chi connectivity index (χ2n) is 5.91. The van der Waals surface area contributed by atoms with Crippen molar-refractivity contribution in [2.75, 3.05) is 20.2 Å². The van der Waals surface area contributed by atoms with Crippen LogP contribution in [0, 0.1) is 5.82 Å². The van der Waals surface area contributed by atoms with Gasteiger partial charge >= 0.3 is 0 Å². The average molecular weight is 313 g/mol. The van der Waals surface area contributed by atoms with Gasteiger partial charge in [-0.05, 0) is 41.8 Å². The van der Waals surface area contributed by atoms with E-state index >= 15 is 0 Å². The molecule has 0 aliphatic carbocycles. The highest BCUT2D eigenvalue weighted by molar-refractivity contribution is 5.79. The van der Waals surface area contributed by atoms with Gasteiger partial charge in [0, 0.05) is 19.0 Å². The third-order valence-electron chi connectivity index (χ3n) is 4.37. The summed E-state index contributed by atoms with van der Waals surface area (Å²) in [6, 6.07) is 14.2. The van der Waals surface area contributed by atoms with E-state index in [1.165, 1.54) is 12.1 Å². The molecule has 1 saturated heterocycles. The van der Waals surface area contributed by atoms with Gasteiger partial charge in [0.25, 0.3) is 0 Å². The highest BCUT2D eigenvalue weighted by Crippen LogP contribution is 2.27. The molecule has 1 unspecified atom stereocenters. The molecule has 0 aromatic heterocycles. The molecule has 0 saturated carbocycles. The number of halogens is 1. The first-order valence-corrected chi connectivity index (χ1v) is 7.82. The van der Waals surface area contributed by atoms with Gasteiger partial charge in [-0.15, -0.1) is 0 Å². The molecule has 1 amide bonds. The van der Waals surface area contributed by atoms with E-state index in [1.807, 2.05) is 41.3 Å². The zero-order valence-electron chi connectivity index (χ0n) is 13.2. The number of ether oxygens (including phenoxy) is 1. The Morgan fingerprint density at radius 3 is 2.78 bits per heavy atom. The van der Waals surface area contributed by atoms with Gasteiger partial charge in [0.05, 0.1) is 13.5 Å². The van der Waals surface area contributed by atoms with Crippen molar-refractivity contribution < 1.29 is 13.9 Å². The number of amides is 1. The molecule has 4 heteroatoms. The lowest BCUT2D eigenvalue weighted by atomic mass is 9.99. The van der Waals surface area contributed by atoms with Crippen molar-refractivity contribution >= 4 is 5.91 Å². The summed E-state index contributed by atoms with van der Waals surface area (Å²) < 4.78 is 18.2. The van der Waals surface area contributed by atoms with Crippen LogP contribution in [-0.2, 0) is 11.2 Å². The third kappa shape index (κ3) is 3.70. The second-order valence-corrected chi connectivity index (χ2v) is 5.91. The minimum Gasteiger partial charge on any atom is -0.497 e. The lowest BCUT2D eigenvalue weighted by Gasteiger charge is -2.17. The van der Waals surface area contributed by atoms with Crippen LogP contribution in [-0.4, -0.2) is 31.0 Å². The maximum absolute atomic E-state index is 13.0. The molecule has 0 radical (unpaired) electrons. The van der Waals surface area contributed by atoms with Crippen LogP contribution >= 0.6 is 0 Å². The second kappa shape index (κ2) is 6.82. The Hall–Kier alpha value is -2.36. The van der Waals surface area contributed by atoms with Crippen molar-refractivity contribution in [3.8, 4) is 5.75 Å². The number of carbonyl (C=O) groups is 1. The van der Waals surface area contributed by atoms with Crippen LogP contribution in [0.15, 0.2) is 48.5 Å². The maximum Gasteiger partial charge on any atom is 0.227 e. The molecule has 1 heterocycles. The van der Waals surface area contributed by atoms with Gasteiger partial charge in [0.15, 0.2) is 0 Å². The van der Waals surface area contributed by atoms with Crippen LogP contribution in [0.4, 0.5) is 4.39 Å². The van der Waals surface area contributed by atoms with Crippen molar-refractivity contribution in [3.05, 3.63) is 65.5 Å². The minimum atomic E-state index is -0.224. The summed E-state index contributed by atoms with van der Waals surface area (Å²) in [6.07, 6.45) is 1.31. The molecule has 1 aliphatic rings. The largest absolute Gasteiger partial charge is 0.497 e. The van der Waals surface area contributed by atoms with E-state index in [2.05, 4.69) is 0 Å². The van der Waals surface area contributed by atoms with Crippen molar-refractivity contribution in [2.45, 2.75) is 18.8 Å². The van der Waals surface area contributed by atoms with Crippen LogP contribution in [0.3, 0.4) is 0 Å². The summed E-state index contributed by atoms with van der Waals surface area (Å²) in [4.78, 5) is 14.4. The number of carbonyl (C=O) groups excluding carboxylic acids is 1. The SMILES string of the molecule is COc1cccc(CC(=O)N2CCC(c3ccc(F)cc3)C2)c1. The van der Waals surface area contributed by atoms with E-state index in [-0.39, 0.29) is 11.7 Å². The molecule has 2 aromatic carbocycles. The van der Waals surface area contributed by atoms with Gasteiger partial charge in [-0.1, -0.05) is 24.3 Å². The molecule has 0 N–H and O–H groups in total. The zero-order valence-corrected chi connectivity index (χ0v) is 13.2. The lowest BCUT2D eigenvalue weighted by molar-refractivity contribution is -0.129. The van der Waals surface area contributed by atoms with Gasteiger partial charge in [-0.3, -0.25) is 4.79 Å². The Morgan fingerprint density at radius 1 is 1.26 bits per heavy atom. The molecule has 0 bridgehead atoms. The van der Waals surface area contributed by atoms with E-state index in [9.17, 15) is 9.18 Å². The van der Waals surface area contributed by atoms with Crippen LogP contribution in [0.25, 0.3) is 0 Å². The molecule has 3 nitrogen and oxygen atoms in total. The zero-order chi connectivity index (χ0) is 16.2. The molecule has 3 rings (SSSR count). The number of nitrogens with zero attached hydrogens (tertiary/aromatic N) is 1. The van der Waals surface area contributed by atoms with Crippen LogP contribution in [0.1, 0.15) is 23.5 Å². The quantitative estimate of drug-likeness (QED) is 0.866. The molecule has 120 valence electrons. The number of hydrogen-bond donors (Lipinski definition) is 0. The first kappa shape index (κ1) is 15.5. The predicted octanol–water partition coefficient (Wildman–Crippen LogP) is 3.39. The Bertz CT molecular complexity index is 684. The smallest absolute Gasteiger partial charge is 0.227 e. The Balaban J connectivity index is 1.61. The first-order chi connectivity index (χ1) is 11.2. The standard InChI is InChI=1S/C19H20FNO2/c1-23-18-4-2-3-14(11-18)12-19(22)21-10-9-16(13-21)15-5-7-17(20)8-6-15/h2-8,11,16H,9-10,12-13H2,1H3. The minimum absolute atomic E-state index is 0.128. The van der Waals surface area contributed by atoms with Crippen LogP contribution in [0.2, 0.25) is 0 Å². The van der Waals surface area contributed by atoms with Gasteiger partial charge < -0.3 is 9.64 Å². The third-order valence-corrected chi connectivity index (χ3v) is 4.37. The predicted molar refractivity (Wildman–Crippen MR) is 87.0 cm³/mol. The van der Waals surface area contributed by atoms with Crippen molar-refractivity contribution in [1.82, 2.24) is 4.90 Å². The average Bonchev–Trinajstić information content (AvgIpc) is 3.06. The van der Waals surface area contributed by atoms with E-state index in [0.29, 0.717) is 18.9 Å². The summed E-state index contributed by atoms with van der Waals surface area (Å²) in [5.74, 6) is 0.964. The van der Waals surface area contributed by atoms with Crippen LogP contribution < -0.4 is 4.74 Å². The van der Waals surface area contributed by atoms with Crippen molar-refractivity contribution in [1.29, 1.82) is 0 Å². The number of benzene rings is 2. The normalized spacial score (nSPS) is 17.3. The highest BCUT2D eigenvalue weighted by atomic mass is 19.1. The van der Waals surface area contributed by atoms with Crippen molar-refractivity contribution in [2.24, 2.45) is 0 Å². The summed E-state index contributed by atoms with van der Waals surface area (Å²) in [5.41, 5.74) is 2.06. The van der Waals surface area contributed by atoms with Crippen LogP contribution in [0.5, 0.6) is 5.75 Å². The van der Waals surface area contributed by atoms with Gasteiger partial charge in [-0.2, -0.15) is 0 Å². The Morgan fingerprint density at radius 2 is 2.04 bits per heavy atom. The van der Waals surface area contributed by atoms with Gasteiger partial charge in [-0.25, -0.2) is 4.39 Å². The summed E-state index contributed by atoms with van der Waals surface area (Å²) in [5, 5.41) is 0. The van der Waals surface area contributed by atoms with E-state index in [4.69, 9.17) is 4.74 Å². The van der Waals surface area contributed by atoms with E-state index in [1.54, 1.807) is 7.11 Å². The van der Waals surface area contributed by atoms with Gasteiger partial charge in [0.1, 0.15) is 11.6 Å². The Kier molecular flexibility index (Phi) is 4.60. The summed E-state index contributed by atoms with van der Waals surface area (Å²) in [7, 11) is 1.62. The fourth-order valence-electron chi connectivity index (χ4n) is 3.06. The number of likely N-dealkylation sites (tertiary alicyclic amines) is 1. The number of methoxy groups -OCH3 is 1. The van der Waals surface area contributed by atoms with E-state index < -0.39 is 0 Å². The molecule has 1 atom stereocenters. The topological polar surface area (TPSA) is 29.5 Å². The van der Waals surface area contributed by atoms with Gasteiger partial charge in [0.2, 0.25) is 5.91 Å². The summed E-state index contributed by atoms with van der Waals surface area (Å²) in [6.45, 7) is 1.46. The molecule has 23 heavy (non-hydrogen) atoms. The number of hydrogen-bond acceptors (Lipinski definition) is 2. The van der Waals surface area contributed by atoms with E-state index in [0.717, 1.165) is 29.8 Å². The highest BCUT2D eigenvalue weighted by Gasteiger charge is 2.27. The molecule has 0 spiro atoms. The lowest BCUT2D eigenvalue weighted by Crippen LogP contribution is -2.29. The molecule has 1 fully saturated rings. The first-order valence-electron chi connectivity index (χ1n) is 7.82. The molecule has 1 aliphatic heterocycles. The fraction of sp³-hybridized carbons (Fsp3) is 0.316. The van der Waals surface area contributed by atoms with Crippen molar-refractivity contribution in [3.63, 3.8) is 0 Å². The molecule has 2 aromatic rings.